The van der Waals surface area contributed by atoms with Crippen molar-refractivity contribution in [3.8, 4) is 0 Å². The molecule has 6 heteroatoms. The number of rotatable bonds is 4. The quantitative estimate of drug-likeness (QED) is 0.558. The van der Waals surface area contributed by atoms with Crippen LogP contribution in [0.2, 0.25) is 5.02 Å². The molecule has 1 aliphatic rings. The molecule has 26 heavy (non-hydrogen) atoms. The molecule has 1 saturated carbocycles. The van der Waals surface area contributed by atoms with Crippen molar-refractivity contribution in [2.45, 2.75) is 44.4 Å². The molecule has 0 aliphatic heterocycles. The zero-order valence-corrected chi connectivity index (χ0v) is 18.0. The number of hydrogen-bond donors (Lipinski definition) is 2. The zero-order valence-electron chi connectivity index (χ0n) is 14.8. The number of thiocarbonyl (C=S) groups is 1. The Labute approximate surface area is 174 Å². The second kappa shape index (κ2) is 8.68. The summed E-state index contributed by atoms with van der Waals surface area (Å²) in [4.78, 5) is 4.40. The van der Waals surface area contributed by atoms with Crippen molar-refractivity contribution in [1.29, 1.82) is 0 Å². The first kappa shape index (κ1) is 19.6. The van der Waals surface area contributed by atoms with Crippen molar-refractivity contribution >= 4 is 50.7 Å². The van der Waals surface area contributed by atoms with E-state index in [0.29, 0.717) is 5.11 Å². The lowest BCUT2D eigenvalue weighted by molar-refractivity contribution is 0.292. The van der Waals surface area contributed by atoms with Gasteiger partial charge >= 0.3 is 0 Å². The highest BCUT2D eigenvalue weighted by Crippen LogP contribution is 2.39. The summed E-state index contributed by atoms with van der Waals surface area (Å²) in [6.45, 7) is 2.81. The molecule has 0 amide bonds. The molecule has 2 aromatic rings. The molecular formula is C20H23BrClN3S. The lowest BCUT2D eigenvalue weighted by Crippen LogP contribution is -2.43. The minimum atomic E-state index is 0.0804. The van der Waals surface area contributed by atoms with E-state index in [-0.39, 0.29) is 5.41 Å². The second-order valence-corrected chi connectivity index (χ2v) is 8.74. The molecule has 0 radical (unpaired) electrons. The third-order valence-corrected chi connectivity index (χ3v) is 6.03. The molecule has 1 aliphatic carbocycles. The van der Waals surface area contributed by atoms with Crippen molar-refractivity contribution in [3.63, 3.8) is 0 Å². The number of halogens is 2. The summed E-state index contributed by atoms with van der Waals surface area (Å²) in [7, 11) is 0. The molecule has 0 spiro atoms. The van der Waals surface area contributed by atoms with Crippen LogP contribution in [0.3, 0.4) is 0 Å². The van der Waals surface area contributed by atoms with Crippen LogP contribution >= 0.6 is 39.7 Å². The predicted molar refractivity (Wildman–Crippen MR) is 117 cm³/mol. The highest BCUT2D eigenvalue weighted by molar-refractivity contribution is 9.10. The van der Waals surface area contributed by atoms with E-state index in [1.54, 1.807) is 6.20 Å². The van der Waals surface area contributed by atoms with Gasteiger partial charge in [0.25, 0.3) is 0 Å². The van der Waals surface area contributed by atoms with Crippen LogP contribution in [0.1, 0.15) is 43.2 Å². The van der Waals surface area contributed by atoms with E-state index >= 15 is 0 Å². The van der Waals surface area contributed by atoms with Crippen LogP contribution in [0.25, 0.3) is 0 Å². The van der Waals surface area contributed by atoms with Crippen molar-refractivity contribution in [1.82, 2.24) is 10.3 Å². The summed E-state index contributed by atoms with van der Waals surface area (Å²) in [5, 5.41) is 8.05. The summed E-state index contributed by atoms with van der Waals surface area (Å²) < 4.78 is 0.960. The molecule has 1 fully saturated rings. The number of nitrogens with one attached hydrogen (secondary N) is 2. The number of pyridine rings is 1. The SMILES string of the molecule is Cc1cc(Br)cnc1NC(=S)NCC1(c2cccc(Cl)c2)CCCCC1. The van der Waals surface area contributed by atoms with E-state index in [9.17, 15) is 0 Å². The topological polar surface area (TPSA) is 37.0 Å². The van der Waals surface area contributed by atoms with E-state index < -0.39 is 0 Å². The molecule has 0 atom stereocenters. The van der Waals surface area contributed by atoms with Crippen molar-refractivity contribution in [2.24, 2.45) is 0 Å². The van der Waals surface area contributed by atoms with E-state index in [0.717, 1.165) is 40.3 Å². The van der Waals surface area contributed by atoms with Crippen LogP contribution < -0.4 is 10.6 Å². The molecule has 138 valence electrons. The van der Waals surface area contributed by atoms with E-state index in [4.69, 9.17) is 23.8 Å². The van der Waals surface area contributed by atoms with Crippen molar-refractivity contribution < 1.29 is 0 Å². The molecule has 0 unspecified atom stereocenters. The third kappa shape index (κ3) is 4.76. The highest BCUT2D eigenvalue weighted by atomic mass is 79.9. The number of anilines is 1. The van der Waals surface area contributed by atoms with Crippen LogP contribution in [0.15, 0.2) is 41.0 Å². The molecule has 3 nitrogen and oxygen atoms in total. The number of benzene rings is 1. The van der Waals surface area contributed by atoms with Gasteiger partial charge in [0.15, 0.2) is 5.11 Å². The first-order valence-corrected chi connectivity index (χ1v) is 10.5. The van der Waals surface area contributed by atoms with Gasteiger partial charge in [0.2, 0.25) is 0 Å². The summed E-state index contributed by atoms with van der Waals surface area (Å²) in [6.07, 6.45) is 7.85. The van der Waals surface area contributed by atoms with Crippen LogP contribution in [0, 0.1) is 6.92 Å². The number of aromatic nitrogens is 1. The van der Waals surface area contributed by atoms with Crippen molar-refractivity contribution in [2.75, 3.05) is 11.9 Å². The monoisotopic (exact) mass is 451 g/mol. The largest absolute Gasteiger partial charge is 0.362 e. The van der Waals surface area contributed by atoms with Crippen molar-refractivity contribution in [3.05, 3.63) is 57.2 Å². The maximum Gasteiger partial charge on any atom is 0.171 e. The Morgan fingerprint density at radius 1 is 1.27 bits per heavy atom. The zero-order chi connectivity index (χ0) is 18.6. The summed E-state index contributed by atoms with van der Waals surface area (Å²) >= 11 is 15.2. The minimum absolute atomic E-state index is 0.0804. The maximum atomic E-state index is 6.26. The standard InChI is InChI=1S/C20H23BrClN3S/c1-14-10-16(21)12-23-18(14)25-19(26)24-13-20(8-3-2-4-9-20)15-6-5-7-17(22)11-15/h5-7,10-12H,2-4,8-9,13H2,1H3,(H2,23,24,25,26). The predicted octanol–water partition coefficient (Wildman–Crippen LogP) is 5.99. The lowest BCUT2D eigenvalue weighted by Gasteiger charge is -2.38. The van der Waals surface area contributed by atoms with Crippen LogP contribution in [0.5, 0.6) is 0 Å². The molecule has 3 rings (SSSR count). The Morgan fingerprint density at radius 3 is 2.73 bits per heavy atom. The fraction of sp³-hybridized carbons (Fsp3) is 0.400. The normalized spacial score (nSPS) is 16.1. The van der Waals surface area contributed by atoms with E-state index in [1.807, 2.05) is 25.1 Å². The van der Waals surface area contributed by atoms with Crippen LogP contribution in [-0.4, -0.2) is 16.6 Å². The van der Waals surface area contributed by atoms with Gasteiger partial charge in [0.1, 0.15) is 5.82 Å². The fourth-order valence-electron chi connectivity index (χ4n) is 3.69. The fourth-order valence-corrected chi connectivity index (χ4v) is 4.49. The van der Waals surface area contributed by atoms with E-state index in [1.165, 1.54) is 24.8 Å². The molecule has 0 saturated heterocycles. The smallest absolute Gasteiger partial charge is 0.171 e. The molecule has 0 bridgehead atoms. The van der Waals surface area contributed by atoms with Gasteiger partial charge in [-0.3, -0.25) is 0 Å². The summed E-state index contributed by atoms with van der Waals surface area (Å²) in [5.41, 5.74) is 2.43. The highest BCUT2D eigenvalue weighted by Gasteiger charge is 2.34. The first-order valence-electron chi connectivity index (χ1n) is 8.92. The van der Waals surface area contributed by atoms with Gasteiger partial charge in [-0.15, -0.1) is 0 Å². The van der Waals surface area contributed by atoms with Gasteiger partial charge in [-0.2, -0.15) is 0 Å². The molecule has 1 heterocycles. The molecule has 1 aromatic heterocycles. The van der Waals surface area contributed by atoms with Gasteiger partial charge in [0.05, 0.1) is 0 Å². The molecular weight excluding hydrogens is 430 g/mol. The average Bonchev–Trinajstić information content (AvgIpc) is 2.63. The van der Waals surface area contributed by atoms with Gasteiger partial charge in [-0.1, -0.05) is 43.0 Å². The first-order chi connectivity index (χ1) is 12.5. The molecule has 1 aromatic carbocycles. The average molecular weight is 453 g/mol. The Morgan fingerprint density at radius 2 is 2.04 bits per heavy atom. The number of hydrogen-bond acceptors (Lipinski definition) is 2. The Hall–Kier alpha value is -1.17. The van der Waals surface area contributed by atoms with Gasteiger partial charge in [0, 0.05) is 27.7 Å². The third-order valence-electron chi connectivity index (χ3n) is 5.11. The Balaban J connectivity index is 1.70. The summed E-state index contributed by atoms with van der Waals surface area (Å²) in [5.74, 6) is 0.783. The maximum absolute atomic E-state index is 6.26. The number of aryl methyl sites for hydroxylation is 1. The van der Waals surface area contributed by atoms with Crippen LogP contribution in [0.4, 0.5) is 5.82 Å². The van der Waals surface area contributed by atoms with Gasteiger partial charge < -0.3 is 10.6 Å². The van der Waals surface area contributed by atoms with Crippen LogP contribution in [-0.2, 0) is 5.41 Å². The van der Waals surface area contributed by atoms with E-state index in [2.05, 4.69) is 43.7 Å². The second-order valence-electron chi connectivity index (χ2n) is 6.98. The Kier molecular flexibility index (Phi) is 6.54. The van der Waals surface area contributed by atoms with Gasteiger partial charge in [-0.25, -0.2) is 4.98 Å². The minimum Gasteiger partial charge on any atom is -0.362 e. The lowest BCUT2D eigenvalue weighted by atomic mass is 9.69. The van der Waals surface area contributed by atoms with Gasteiger partial charge in [-0.05, 0) is 77.2 Å². The summed E-state index contributed by atoms with van der Waals surface area (Å²) in [6, 6.07) is 10.3. The Bertz CT molecular complexity index is 790. The number of nitrogens with zero attached hydrogens (tertiary/aromatic N) is 1. The molecule has 2 N–H and O–H groups in total.